The molecule has 0 aliphatic carbocycles. The van der Waals surface area contributed by atoms with Crippen LogP contribution in [0.5, 0.6) is 0 Å². The van der Waals surface area contributed by atoms with Crippen LogP contribution in [0.2, 0.25) is 0 Å². The number of nitrogens with zero attached hydrogens (tertiary/aromatic N) is 1. The molecule has 0 spiro atoms. The van der Waals surface area contributed by atoms with Gasteiger partial charge in [0, 0.05) is 56.4 Å². The molecule has 4 rings (SSSR count). The average Bonchev–Trinajstić information content (AvgIpc) is 3.36. The van der Waals surface area contributed by atoms with Gasteiger partial charge in [0.25, 0.3) is 0 Å². The van der Waals surface area contributed by atoms with Gasteiger partial charge in [-0.25, -0.2) is 6.07 Å². The van der Waals surface area contributed by atoms with Crippen molar-refractivity contribution in [2.45, 2.75) is 44.6 Å². The molecule has 1 amide bonds. The molecule has 2 aromatic heterocycles. The van der Waals surface area contributed by atoms with Gasteiger partial charge in [-0.1, -0.05) is 12.8 Å². The summed E-state index contributed by atoms with van der Waals surface area (Å²) in [4.78, 5) is 16.0. The van der Waals surface area contributed by atoms with Crippen LogP contribution in [0.4, 0.5) is 5.69 Å². The molecule has 27 heavy (non-hydrogen) atoms. The van der Waals surface area contributed by atoms with E-state index in [-0.39, 0.29) is 38.6 Å². The molecule has 0 saturated carbocycles. The van der Waals surface area contributed by atoms with Crippen LogP contribution in [0.3, 0.4) is 0 Å². The van der Waals surface area contributed by atoms with Gasteiger partial charge in [0.15, 0.2) is 0 Å². The summed E-state index contributed by atoms with van der Waals surface area (Å²) >= 11 is 1.69. The largest absolute Gasteiger partial charge is 0.464 e. The Morgan fingerprint density at radius 2 is 2.04 bits per heavy atom. The van der Waals surface area contributed by atoms with E-state index in [1.165, 1.54) is 4.88 Å². The van der Waals surface area contributed by atoms with Crippen LogP contribution in [0.25, 0.3) is 11.3 Å². The fourth-order valence-electron chi connectivity index (χ4n) is 3.72. The summed E-state index contributed by atoms with van der Waals surface area (Å²) in [6.45, 7) is 0. The number of hydrogen-bond donors (Lipinski definition) is 0. The zero-order valence-electron chi connectivity index (χ0n) is 15.3. The number of piperidine rings is 1. The number of benzene rings is 1. The maximum absolute atomic E-state index is 12.6. The minimum absolute atomic E-state index is 0. The molecule has 1 atom stereocenters. The first-order valence-corrected chi connectivity index (χ1v) is 10.0. The van der Waals surface area contributed by atoms with Crippen molar-refractivity contribution in [1.29, 1.82) is 0 Å². The van der Waals surface area contributed by atoms with Crippen molar-refractivity contribution in [3.8, 4) is 11.3 Å². The van der Waals surface area contributed by atoms with Crippen molar-refractivity contribution in [2.75, 3.05) is 4.90 Å². The number of rotatable bonds is 6. The summed E-state index contributed by atoms with van der Waals surface area (Å²) < 4.78 is 5.45. The van der Waals surface area contributed by atoms with Crippen LogP contribution in [0.1, 0.15) is 37.0 Å². The Kier molecular flexibility index (Phi) is 7.45. The second-order valence-corrected chi connectivity index (χ2v) is 7.71. The Bertz CT molecular complexity index is 828. The van der Waals surface area contributed by atoms with E-state index in [2.05, 4.69) is 11.4 Å². The zero-order chi connectivity index (χ0) is 17.8. The number of aryl methyl sites for hydroxylation is 1. The molecular formula is C22H22NO2SY-. The van der Waals surface area contributed by atoms with Crippen molar-refractivity contribution in [2.24, 2.45) is 0 Å². The molecule has 1 aromatic carbocycles. The SMILES string of the molecule is O=C1CCCC(CCCc2cc[c-]s2)N1c1ccc(-c2ccco2)cc1.[Y]. The van der Waals surface area contributed by atoms with Crippen LogP contribution in [0, 0.1) is 5.38 Å². The molecule has 0 N–H and O–H groups in total. The first-order valence-electron chi connectivity index (χ1n) is 9.22. The first-order chi connectivity index (χ1) is 12.8. The summed E-state index contributed by atoms with van der Waals surface area (Å²) in [7, 11) is 0. The number of carbonyl (C=O) groups excluding carboxylic acids is 1. The van der Waals surface area contributed by atoms with Crippen LogP contribution in [-0.2, 0) is 43.9 Å². The Morgan fingerprint density at radius 3 is 2.74 bits per heavy atom. The van der Waals surface area contributed by atoms with Crippen LogP contribution >= 0.6 is 11.3 Å². The topological polar surface area (TPSA) is 33.5 Å². The second kappa shape index (κ2) is 9.81. The number of furan rings is 1. The van der Waals surface area contributed by atoms with E-state index in [1.807, 2.05) is 47.4 Å². The molecule has 1 saturated heterocycles. The smallest absolute Gasteiger partial charge is 0.227 e. The molecule has 3 nitrogen and oxygen atoms in total. The summed E-state index contributed by atoms with van der Waals surface area (Å²) in [5.74, 6) is 1.10. The Labute approximate surface area is 189 Å². The van der Waals surface area contributed by atoms with Gasteiger partial charge in [0.05, 0.1) is 6.26 Å². The summed E-state index contributed by atoms with van der Waals surface area (Å²) in [6.07, 6.45) is 7.63. The molecule has 137 valence electrons. The van der Waals surface area contributed by atoms with Crippen molar-refractivity contribution in [1.82, 2.24) is 0 Å². The predicted molar refractivity (Wildman–Crippen MR) is 105 cm³/mol. The molecule has 1 aliphatic rings. The molecule has 1 unspecified atom stereocenters. The Balaban J connectivity index is 0.00000210. The van der Waals surface area contributed by atoms with Crippen molar-refractivity contribution >= 4 is 22.9 Å². The van der Waals surface area contributed by atoms with E-state index >= 15 is 0 Å². The van der Waals surface area contributed by atoms with E-state index in [0.29, 0.717) is 12.5 Å². The van der Waals surface area contributed by atoms with Gasteiger partial charge < -0.3 is 20.7 Å². The minimum Gasteiger partial charge on any atom is -0.464 e. The fraction of sp³-hybridized carbons (Fsp3) is 0.318. The fourth-order valence-corrected chi connectivity index (χ4v) is 4.39. The van der Waals surface area contributed by atoms with E-state index in [0.717, 1.165) is 49.1 Å². The molecule has 3 heterocycles. The van der Waals surface area contributed by atoms with Gasteiger partial charge in [-0.3, -0.25) is 4.79 Å². The molecule has 3 aromatic rings. The van der Waals surface area contributed by atoms with Gasteiger partial charge in [0.1, 0.15) is 5.76 Å². The number of thiophene rings is 1. The van der Waals surface area contributed by atoms with Gasteiger partial charge in [-0.2, -0.15) is 6.07 Å². The van der Waals surface area contributed by atoms with E-state index in [9.17, 15) is 4.79 Å². The average molecular weight is 453 g/mol. The maximum atomic E-state index is 12.6. The summed E-state index contributed by atoms with van der Waals surface area (Å²) in [5, 5.41) is 3.15. The summed E-state index contributed by atoms with van der Waals surface area (Å²) in [5.41, 5.74) is 2.04. The molecule has 0 bridgehead atoms. The monoisotopic (exact) mass is 453 g/mol. The Hall–Kier alpha value is -1.23. The second-order valence-electron chi connectivity index (χ2n) is 6.75. The van der Waals surface area contributed by atoms with E-state index in [1.54, 1.807) is 17.6 Å². The van der Waals surface area contributed by atoms with Gasteiger partial charge in [-0.05, 0) is 55.7 Å². The van der Waals surface area contributed by atoms with Crippen LogP contribution in [0.15, 0.2) is 59.2 Å². The normalized spacial score (nSPS) is 17.0. The van der Waals surface area contributed by atoms with Gasteiger partial charge >= 0.3 is 0 Å². The van der Waals surface area contributed by atoms with Crippen molar-refractivity contribution in [3.63, 3.8) is 0 Å². The number of amides is 1. The third-order valence-corrected chi connectivity index (χ3v) is 5.86. The molecule has 1 radical (unpaired) electrons. The van der Waals surface area contributed by atoms with E-state index < -0.39 is 0 Å². The van der Waals surface area contributed by atoms with Crippen LogP contribution in [-0.4, -0.2) is 11.9 Å². The quantitative estimate of drug-likeness (QED) is 0.448. The van der Waals surface area contributed by atoms with Crippen LogP contribution < -0.4 is 4.90 Å². The standard InChI is InChI=1S/C22H22NO2S.Y/c24-22-10-2-6-18(5-1-7-20-8-4-16-26-20)23(22)19-13-11-17(12-14-19)21-9-3-15-25-21;/h3-4,8-9,11-15,18H,1-2,5-7,10H2;/q-1;. The van der Waals surface area contributed by atoms with Gasteiger partial charge in [-0.15, -0.1) is 10.3 Å². The van der Waals surface area contributed by atoms with Gasteiger partial charge in [0.2, 0.25) is 5.91 Å². The molecule has 5 heteroatoms. The predicted octanol–water partition coefficient (Wildman–Crippen LogP) is 5.71. The maximum Gasteiger partial charge on any atom is 0.227 e. The van der Waals surface area contributed by atoms with Crippen molar-refractivity contribution < 1.29 is 41.9 Å². The van der Waals surface area contributed by atoms with Crippen molar-refractivity contribution in [3.05, 3.63) is 65.1 Å². The first kappa shape index (κ1) is 20.5. The molecular weight excluding hydrogens is 431 g/mol. The van der Waals surface area contributed by atoms with E-state index in [4.69, 9.17) is 4.42 Å². The third kappa shape index (κ3) is 4.98. The number of carbonyl (C=O) groups is 1. The zero-order valence-corrected chi connectivity index (χ0v) is 18.9. The molecule has 1 aliphatic heterocycles. The number of hydrogen-bond acceptors (Lipinski definition) is 3. The third-order valence-electron chi connectivity index (χ3n) is 5.00. The Morgan fingerprint density at radius 1 is 1.19 bits per heavy atom. The number of anilines is 1. The molecule has 1 fully saturated rings. The minimum atomic E-state index is 0. The summed E-state index contributed by atoms with van der Waals surface area (Å²) in [6, 6.07) is 16.4.